The third-order valence-corrected chi connectivity index (χ3v) is 7.52. The van der Waals surface area contributed by atoms with E-state index in [1.165, 1.54) is 25.3 Å². The molecule has 1 unspecified atom stereocenters. The van der Waals surface area contributed by atoms with Gasteiger partial charge in [-0.15, -0.1) is 0 Å². The van der Waals surface area contributed by atoms with Gasteiger partial charge in [0, 0.05) is 23.8 Å². The third kappa shape index (κ3) is 7.37. The predicted molar refractivity (Wildman–Crippen MR) is 155 cm³/mol. The third-order valence-electron chi connectivity index (χ3n) is 7.52. The molecule has 11 nitrogen and oxygen atoms in total. The first-order valence-electron chi connectivity index (χ1n) is 14.2. The highest BCUT2D eigenvalue weighted by Gasteiger charge is 2.38. The zero-order valence-corrected chi connectivity index (χ0v) is 25.1. The van der Waals surface area contributed by atoms with Gasteiger partial charge in [-0.3, -0.25) is 10.1 Å². The average Bonchev–Trinajstić information content (AvgIpc) is 3.08. The van der Waals surface area contributed by atoms with Gasteiger partial charge in [-0.05, 0) is 65.0 Å². The number of ether oxygens (including phenoxy) is 3. The van der Waals surface area contributed by atoms with Crippen LogP contribution in [0.5, 0.6) is 23.1 Å². The summed E-state index contributed by atoms with van der Waals surface area (Å²) >= 11 is 0. The van der Waals surface area contributed by atoms with Crippen LogP contribution >= 0.6 is 0 Å². The monoisotopic (exact) mass is 634 g/mol. The van der Waals surface area contributed by atoms with Gasteiger partial charge in [0.1, 0.15) is 41.5 Å². The minimum absolute atomic E-state index is 0.0261. The van der Waals surface area contributed by atoms with Crippen LogP contribution in [-0.2, 0) is 6.18 Å². The molecule has 0 saturated carbocycles. The van der Waals surface area contributed by atoms with E-state index in [9.17, 15) is 23.1 Å². The van der Waals surface area contributed by atoms with E-state index in [0.717, 1.165) is 32.0 Å². The summed E-state index contributed by atoms with van der Waals surface area (Å²) in [5.41, 5.74) is -2.16. The summed E-state index contributed by atoms with van der Waals surface area (Å²) in [6.45, 7) is 5.35. The van der Waals surface area contributed by atoms with E-state index in [2.05, 4.69) is 30.8 Å². The molecule has 1 fully saturated rings. The fourth-order valence-electron chi connectivity index (χ4n) is 5.08. The highest BCUT2D eigenvalue weighted by molar-refractivity contribution is 5.96. The molecule has 0 radical (unpaired) electrons. The Kier molecular flexibility index (Phi) is 9.05. The number of alkyl halides is 3. The van der Waals surface area contributed by atoms with Crippen molar-refractivity contribution in [1.82, 2.24) is 25.5 Å². The second-order valence-electron chi connectivity index (χ2n) is 11.6. The summed E-state index contributed by atoms with van der Waals surface area (Å²) in [6.07, 6.45) is -4.26. The Bertz CT molecular complexity index is 1560. The molecule has 5 rings (SSSR count). The summed E-state index contributed by atoms with van der Waals surface area (Å²) in [5, 5.41) is 19.3. The molecule has 2 aromatic carbocycles. The molecular weight excluding hydrogens is 600 g/mol. The number of piperidine rings is 1. The number of hydrogen-bond donors (Lipinski definition) is 4. The smallest absolute Gasteiger partial charge is 0.423 e. The summed E-state index contributed by atoms with van der Waals surface area (Å²) in [5.74, 6) is -2.64. The maximum atomic E-state index is 15.2. The number of carbonyl (C=O) groups excluding carboxylic acids is 1. The number of hydrogen-bond acceptors (Lipinski definition) is 10. The normalized spacial score (nSPS) is 18.7. The standard InChI is InChI=1S/C30H34F4N6O5/c1-29(2)15-44-21-6-5-7-22(24(21)26(42)39-29)45-27-18(30(32,33)34)14-35-28(38-27)37-20-13-19(31)17(12-23(20)43-4)25(41)36-16-8-10-40(3)11-9-16/h5-7,12-14,16,26,39,42H,8-11,15H2,1-4H3,(H,36,41)(H,35,37,38). The van der Waals surface area contributed by atoms with Gasteiger partial charge < -0.3 is 34.9 Å². The lowest BCUT2D eigenvalue weighted by Crippen LogP contribution is -2.44. The molecule has 0 aliphatic carbocycles. The molecule has 242 valence electrons. The van der Waals surface area contributed by atoms with Crippen molar-refractivity contribution in [3.63, 3.8) is 0 Å². The number of nitrogens with zero attached hydrogens (tertiary/aromatic N) is 3. The Balaban J connectivity index is 1.43. The van der Waals surface area contributed by atoms with E-state index in [1.54, 1.807) is 19.9 Å². The fourth-order valence-corrected chi connectivity index (χ4v) is 5.08. The van der Waals surface area contributed by atoms with Crippen molar-refractivity contribution in [1.29, 1.82) is 0 Å². The first kappa shape index (κ1) is 32.2. The number of fused-ring (bicyclic) bond motifs is 1. The number of anilines is 2. The van der Waals surface area contributed by atoms with E-state index in [0.29, 0.717) is 6.20 Å². The Hall–Kier alpha value is -4.21. The van der Waals surface area contributed by atoms with Crippen LogP contribution in [-0.4, -0.2) is 71.3 Å². The van der Waals surface area contributed by atoms with E-state index in [4.69, 9.17) is 14.2 Å². The second-order valence-corrected chi connectivity index (χ2v) is 11.6. The van der Waals surface area contributed by atoms with Gasteiger partial charge in [0.05, 0.1) is 23.9 Å². The zero-order valence-electron chi connectivity index (χ0n) is 25.1. The van der Waals surface area contributed by atoms with E-state index >= 15 is 4.39 Å². The lowest BCUT2D eigenvalue weighted by atomic mass is 10.0. The van der Waals surface area contributed by atoms with Gasteiger partial charge in [-0.1, -0.05) is 6.07 Å². The zero-order chi connectivity index (χ0) is 32.5. The molecule has 2 aliphatic heterocycles. The van der Waals surface area contributed by atoms with Crippen LogP contribution in [0.15, 0.2) is 36.5 Å². The average molecular weight is 635 g/mol. The van der Waals surface area contributed by atoms with Crippen LogP contribution in [0.1, 0.15) is 54.4 Å². The van der Waals surface area contributed by atoms with E-state index < -0.39 is 41.1 Å². The van der Waals surface area contributed by atoms with Crippen LogP contribution in [0, 0.1) is 5.82 Å². The van der Waals surface area contributed by atoms with Crippen LogP contribution < -0.4 is 30.2 Å². The molecule has 45 heavy (non-hydrogen) atoms. The number of nitrogens with one attached hydrogen (secondary N) is 3. The minimum atomic E-state index is -4.90. The maximum Gasteiger partial charge on any atom is 0.423 e. The van der Waals surface area contributed by atoms with Gasteiger partial charge in [0.15, 0.2) is 0 Å². The SMILES string of the molecule is COc1cc(C(=O)NC2CCN(C)CC2)c(F)cc1Nc1ncc(C(F)(F)F)c(Oc2cccc3c2C(O)NC(C)(C)CO3)n1. The number of likely N-dealkylation sites (tertiary alicyclic amines) is 1. The quantitative estimate of drug-likeness (QED) is 0.270. The van der Waals surface area contributed by atoms with Crippen molar-refractivity contribution in [3.05, 3.63) is 59.0 Å². The minimum Gasteiger partial charge on any atom is -0.495 e. The Morgan fingerprint density at radius 2 is 1.93 bits per heavy atom. The van der Waals surface area contributed by atoms with Crippen molar-refractivity contribution in [3.8, 4) is 23.1 Å². The van der Waals surface area contributed by atoms with Gasteiger partial charge >= 0.3 is 6.18 Å². The van der Waals surface area contributed by atoms with Crippen LogP contribution in [0.2, 0.25) is 0 Å². The Morgan fingerprint density at radius 3 is 2.62 bits per heavy atom. The first-order chi connectivity index (χ1) is 21.2. The maximum absolute atomic E-state index is 15.2. The van der Waals surface area contributed by atoms with Crippen LogP contribution in [0.25, 0.3) is 0 Å². The number of amides is 1. The van der Waals surface area contributed by atoms with Crippen molar-refractivity contribution in [2.24, 2.45) is 0 Å². The number of methoxy groups -OCH3 is 1. The van der Waals surface area contributed by atoms with Crippen molar-refractivity contribution in [2.75, 3.05) is 39.2 Å². The van der Waals surface area contributed by atoms with Crippen LogP contribution in [0.3, 0.4) is 0 Å². The molecule has 1 atom stereocenters. The number of halogens is 4. The van der Waals surface area contributed by atoms with Crippen LogP contribution in [0.4, 0.5) is 29.2 Å². The number of rotatable bonds is 7. The molecule has 4 N–H and O–H groups in total. The van der Waals surface area contributed by atoms with Gasteiger partial charge in [-0.2, -0.15) is 18.2 Å². The summed E-state index contributed by atoms with van der Waals surface area (Å²) in [4.78, 5) is 22.7. The summed E-state index contributed by atoms with van der Waals surface area (Å²) in [7, 11) is 3.28. The Labute approximate surface area is 256 Å². The van der Waals surface area contributed by atoms with E-state index in [-0.39, 0.29) is 52.7 Å². The molecule has 3 heterocycles. The molecule has 1 aromatic heterocycles. The molecule has 0 bridgehead atoms. The lowest BCUT2D eigenvalue weighted by molar-refractivity contribution is -0.139. The number of benzene rings is 2. The predicted octanol–water partition coefficient (Wildman–Crippen LogP) is 4.75. The number of carbonyl (C=O) groups is 1. The fraction of sp³-hybridized carbons (Fsp3) is 0.433. The molecule has 0 spiro atoms. The number of aliphatic hydroxyl groups is 1. The highest BCUT2D eigenvalue weighted by atomic mass is 19.4. The molecular formula is C30H34F4N6O5. The summed E-state index contributed by atoms with van der Waals surface area (Å²) in [6, 6.07) is 6.50. The van der Waals surface area contributed by atoms with Crippen molar-refractivity contribution < 1.29 is 41.7 Å². The molecule has 3 aromatic rings. The summed E-state index contributed by atoms with van der Waals surface area (Å²) < 4.78 is 74.0. The van der Waals surface area contributed by atoms with Gasteiger partial charge in [0.2, 0.25) is 11.8 Å². The van der Waals surface area contributed by atoms with Crippen molar-refractivity contribution in [2.45, 2.75) is 50.7 Å². The topological polar surface area (TPSA) is 130 Å². The molecule has 1 saturated heterocycles. The second kappa shape index (κ2) is 12.7. The molecule has 1 amide bonds. The Morgan fingerprint density at radius 1 is 1.20 bits per heavy atom. The first-order valence-corrected chi connectivity index (χ1v) is 14.2. The van der Waals surface area contributed by atoms with Gasteiger partial charge in [0.25, 0.3) is 5.91 Å². The molecule has 15 heteroatoms. The highest BCUT2D eigenvalue weighted by Crippen LogP contribution is 2.42. The van der Waals surface area contributed by atoms with Gasteiger partial charge in [-0.25, -0.2) is 9.37 Å². The van der Waals surface area contributed by atoms with E-state index in [1.807, 2.05) is 7.05 Å². The number of aromatic nitrogens is 2. The lowest BCUT2D eigenvalue weighted by Gasteiger charge is -2.29. The largest absolute Gasteiger partial charge is 0.495 e. The number of aliphatic hydroxyl groups excluding tert-OH is 1. The molecule has 2 aliphatic rings. The van der Waals surface area contributed by atoms with Crippen molar-refractivity contribution >= 4 is 17.5 Å².